The number of hydrogen-bond acceptors (Lipinski definition) is 0. The third-order valence-corrected chi connectivity index (χ3v) is 5.40. The fraction of sp³-hybridized carbons (Fsp3) is 0.545. The predicted molar refractivity (Wildman–Crippen MR) is 96.3 cm³/mol. The van der Waals surface area contributed by atoms with Crippen molar-refractivity contribution in [2.75, 3.05) is 0 Å². The van der Waals surface area contributed by atoms with Crippen LogP contribution >= 0.6 is 0 Å². The summed E-state index contributed by atoms with van der Waals surface area (Å²) >= 11 is 0. The van der Waals surface area contributed by atoms with Gasteiger partial charge in [0.25, 0.3) is 0 Å². The van der Waals surface area contributed by atoms with E-state index in [2.05, 4.69) is 38.1 Å². The smallest absolute Gasteiger partial charge is 0.0108 e. The van der Waals surface area contributed by atoms with Gasteiger partial charge >= 0.3 is 0 Å². The van der Waals surface area contributed by atoms with Crippen LogP contribution in [0.3, 0.4) is 0 Å². The molecule has 0 aliphatic heterocycles. The molecule has 4 rings (SSSR count). The van der Waals surface area contributed by atoms with Crippen LogP contribution in [0.5, 0.6) is 0 Å². The van der Waals surface area contributed by atoms with E-state index in [9.17, 15) is 0 Å². The molecule has 0 bridgehead atoms. The highest BCUT2D eigenvalue weighted by Gasteiger charge is 2.14. The molecule has 0 saturated carbocycles. The van der Waals surface area contributed by atoms with Crippen LogP contribution in [0.15, 0.2) is 41.0 Å². The monoisotopic (exact) mass is 294 g/mol. The van der Waals surface area contributed by atoms with Crippen molar-refractivity contribution in [1.29, 1.82) is 0 Å². The van der Waals surface area contributed by atoms with E-state index in [1.54, 1.807) is 27.8 Å². The molecule has 118 valence electrons. The minimum Gasteiger partial charge on any atom is -0.0812 e. The Bertz CT molecular complexity index is 586. The number of rotatable bonds is 0. The van der Waals surface area contributed by atoms with Gasteiger partial charge in [0, 0.05) is 0 Å². The third kappa shape index (κ3) is 3.91. The van der Waals surface area contributed by atoms with Gasteiger partial charge in [0.05, 0.1) is 0 Å². The normalized spacial score (nSPS) is 20.4. The topological polar surface area (TPSA) is 0 Å². The molecular weight excluding hydrogens is 264 g/mol. The van der Waals surface area contributed by atoms with Gasteiger partial charge in [-0.05, 0) is 89.2 Å². The minimum absolute atomic E-state index is 1.27. The van der Waals surface area contributed by atoms with Crippen molar-refractivity contribution in [1.82, 2.24) is 0 Å². The van der Waals surface area contributed by atoms with Crippen molar-refractivity contribution in [3.63, 3.8) is 0 Å². The number of benzene rings is 1. The summed E-state index contributed by atoms with van der Waals surface area (Å²) in [5, 5.41) is 0. The summed E-state index contributed by atoms with van der Waals surface area (Å²) in [4.78, 5) is 0. The van der Waals surface area contributed by atoms with Gasteiger partial charge in [0.1, 0.15) is 0 Å². The first-order valence-corrected chi connectivity index (χ1v) is 9.16. The van der Waals surface area contributed by atoms with Gasteiger partial charge in [0.15, 0.2) is 0 Å². The highest BCUT2D eigenvalue weighted by molar-refractivity contribution is 5.33. The van der Waals surface area contributed by atoms with Crippen LogP contribution < -0.4 is 0 Å². The lowest BCUT2D eigenvalue weighted by atomic mass is 9.83. The fourth-order valence-corrected chi connectivity index (χ4v) is 4.06. The summed E-state index contributed by atoms with van der Waals surface area (Å²) in [7, 11) is 0. The van der Waals surface area contributed by atoms with Crippen LogP contribution in [0.1, 0.15) is 75.0 Å². The average Bonchev–Trinajstić information content (AvgIpc) is 2.55. The van der Waals surface area contributed by atoms with Gasteiger partial charge in [-0.3, -0.25) is 0 Å². The summed E-state index contributed by atoms with van der Waals surface area (Å²) in [6, 6.07) is 6.86. The zero-order chi connectivity index (χ0) is 15.4. The highest BCUT2D eigenvalue weighted by Crippen LogP contribution is 2.34. The fourth-order valence-electron chi connectivity index (χ4n) is 4.06. The maximum absolute atomic E-state index is 2.41. The third-order valence-electron chi connectivity index (χ3n) is 5.40. The molecule has 22 heavy (non-hydrogen) atoms. The minimum atomic E-state index is 1.27. The lowest BCUT2D eigenvalue weighted by molar-refractivity contribution is 0.640. The lowest BCUT2D eigenvalue weighted by Crippen LogP contribution is -2.03. The van der Waals surface area contributed by atoms with Crippen molar-refractivity contribution in [2.24, 2.45) is 0 Å². The van der Waals surface area contributed by atoms with E-state index in [0.29, 0.717) is 0 Å². The molecule has 0 N–H and O–H groups in total. The molecule has 0 nitrogen and oxygen atoms in total. The van der Waals surface area contributed by atoms with Gasteiger partial charge in [-0.25, -0.2) is 0 Å². The van der Waals surface area contributed by atoms with Crippen molar-refractivity contribution in [3.05, 3.63) is 57.7 Å². The first-order valence-electron chi connectivity index (χ1n) is 9.16. The Morgan fingerprint density at radius 3 is 2.23 bits per heavy atom. The molecule has 3 aliphatic carbocycles. The lowest BCUT2D eigenvalue weighted by Gasteiger charge is -2.23. The quantitative estimate of drug-likeness (QED) is 0.481. The van der Waals surface area contributed by atoms with E-state index in [-0.39, 0.29) is 0 Å². The molecule has 0 heterocycles. The largest absolute Gasteiger partial charge is 0.0812 e. The molecule has 0 heteroatoms. The molecule has 3 aliphatic rings. The molecule has 0 fully saturated rings. The molecule has 1 aromatic rings. The number of fused-ring (bicyclic) bond motifs is 1. The molecule has 0 radical (unpaired) electrons. The molecule has 0 atom stereocenters. The van der Waals surface area contributed by atoms with Crippen LogP contribution in [-0.2, 0) is 12.8 Å². The SMILES string of the molecule is CC1=CCC2=C(CCCC2)C1.Cc1ccc2c(c1)CCCC2. The second-order valence-corrected chi connectivity index (χ2v) is 7.32. The molecular formula is C22H30. The first kappa shape index (κ1) is 15.6. The van der Waals surface area contributed by atoms with E-state index in [1.807, 2.05) is 0 Å². The Hall–Kier alpha value is -1.30. The van der Waals surface area contributed by atoms with E-state index in [4.69, 9.17) is 0 Å². The summed E-state index contributed by atoms with van der Waals surface area (Å²) in [5.41, 5.74) is 9.72. The number of hydrogen-bond donors (Lipinski definition) is 0. The van der Waals surface area contributed by atoms with E-state index >= 15 is 0 Å². The maximum atomic E-state index is 2.41. The average molecular weight is 294 g/mol. The summed E-state index contributed by atoms with van der Waals surface area (Å²) < 4.78 is 0. The zero-order valence-electron chi connectivity index (χ0n) is 14.4. The summed E-state index contributed by atoms with van der Waals surface area (Å²) in [6.07, 6.45) is 16.0. The van der Waals surface area contributed by atoms with Crippen LogP contribution in [0.2, 0.25) is 0 Å². The molecule has 0 amide bonds. The van der Waals surface area contributed by atoms with Crippen LogP contribution in [0.25, 0.3) is 0 Å². The van der Waals surface area contributed by atoms with Crippen molar-refractivity contribution < 1.29 is 0 Å². The standard InChI is InChI=1S/C11H16.C11H14/c2*1-9-6-7-10-4-2-3-5-11(10)8-9/h6H,2-5,7-8H2,1H3;6-8H,2-5H2,1H3. The Kier molecular flexibility index (Phi) is 5.18. The van der Waals surface area contributed by atoms with E-state index in [1.165, 1.54) is 69.8 Å². The second-order valence-electron chi connectivity index (χ2n) is 7.32. The summed E-state index contributed by atoms with van der Waals surface area (Å²) in [5.74, 6) is 0. The van der Waals surface area contributed by atoms with Crippen LogP contribution in [0.4, 0.5) is 0 Å². The van der Waals surface area contributed by atoms with Gasteiger partial charge < -0.3 is 0 Å². The molecule has 0 unspecified atom stereocenters. The second kappa shape index (κ2) is 7.31. The van der Waals surface area contributed by atoms with Crippen LogP contribution in [0, 0.1) is 6.92 Å². The molecule has 0 aromatic heterocycles. The Balaban J connectivity index is 0.000000131. The van der Waals surface area contributed by atoms with E-state index < -0.39 is 0 Å². The van der Waals surface area contributed by atoms with Gasteiger partial charge in [0.2, 0.25) is 0 Å². The molecule has 0 saturated heterocycles. The van der Waals surface area contributed by atoms with Gasteiger partial charge in [-0.1, -0.05) is 46.6 Å². The van der Waals surface area contributed by atoms with Crippen molar-refractivity contribution >= 4 is 0 Å². The van der Waals surface area contributed by atoms with Crippen LogP contribution in [-0.4, -0.2) is 0 Å². The molecule has 0 spiro atoms. The molecule has 1 aromatic carbocycles. The van der Waals surface area contributed by atoms with E-state index in [0.717, 1.165) is 0 Å². The maximum Gasteiger partial charge on any atom is -0.0108 e. The number of aryl methyl sites for hydroxylation is 3. The first-order chi connectivity index (χ1) is 10.7. The van der Waals surface area contributed by atoms with Gasteiger partial charge in [-0.15, -0.1) is 0 Å². The Morgan fingerprint density at radius 2 is 1.41 bits per heavy atom. The number of allylic oxidation sites excluding steroid dienone is 4. The zero-order valence-corrected chi connectivity index (χ0v) is 14.4. The predicted octanol–water partition coefficient (Wildman–Crippen LogP) is 6.47. The van der Waals surface area contributed by atoms with Gasteiger partial charge in [-0.2, -0.15) is 0 Å². The highest BCUT2D eigenvalue weighted by atomic mass is 14.2. The Morgan fingerprint density at radius 1 is 0.727 bits per heavy atom. The Labute approximate surface area is 136 Å². The summed E-state index contributed by atoms with van der Waals surface area (Å²) in [6.45, 7) is 4.44. The van der Waals surface area contributed by atoms with Crippen molar-refractivity contribution in [3.8, 4) is 0 Å². The van der Waals surface area contributed by atoms with Crippen molar-refractivity contribution in [2.45, 2.75) is 78.1 Å².